The molecule has 0 aromatic heterocycles. The van der Waals surface area contributed by atoms with Crippen molar-refractivity contribution in [2.45, 2.75) is 13.3 Å². The third kappa shape index (κ3) is 5.48. The molecule has 0 radical (unpaired) electrons. The van der Waals surface area contributed by atoms with Crippen LogP contribution < -0.4 is 10.7 Å². The molecule has 0 aliphatic carbocycles. The van der Waals surface area contributed by atoms with Gasteiger partial charge in [0.1, 0.15) is 0 Å². The van der Waals surface area contributed by atoms with E-state index < -0.39 is 11.8 Å². The van der Waals surface area contributed by atoms with Crippen LogP contribution in [0.5, 0.6) is 0 Å². The van der Waals surface area contributed by atoms with Gasteiger partial charge in [0.15, 0.2) is 0 Å². The predicted molar refractivity (Wildman–Crippen MR) is 99.3 cm³/mol. The molecule has 0 spiro atoms. The minimum absolute atomic E-state index is 0.573. The summed E-state index contributed by atoms with van der Waals surface area (Å²) in [6, 6.07) is 14.9. The molecule has 2 rings (SSSR count). The number of nitrogens with one attached hydrogen (secondary N) is 2. The molecule has 0 saturated heterocycles. The molecule has 2 aromatic rings. The fourth-order valence-corrected chi connectivity index (χ4v) is 2.14. The average molecular weight is 421 g/mol. The first-order valence-electron chi connectivity index (χ1n) is 7.07. The third-order valence-corrected chi connectivity index (χ3v) is 3.80. The van der Waals surface area contributed by atoms with E-state index in [1.807, 2.05) is 43.3 Å². The number of carbonyl (C=O) groups is 2. The molecule has 0 unspecified atom stereocenters. The lowest BCUT2D eigenvalue weighted by Crippen LogP contribution is -2.32. The molecule has 2 aromatic carbocycles. The van der Waals surface area contributed by atoms with Gasteiger partial charge in [0.2, 0.25) is 0 Å². The Balaban J connectivity index is 1.86. The fourth-order valence-electron chi connectivity index (χ4n) is 1.78. The molecule has 0 aliphatic rings. The van der Waals surface area contributed by atoms with Crippen LogP contribution in [-0.2, 0) is 16.0 Å². The van der Waals surface area contributed by atoms with Crippen molar-refractivity contribution in [3.63, 3.8) is 0 Å². The predicted octanol–water partition coefficient (Wildman–Crippen LogP) is 2.94. The Hall–Kier alpha value is -2.22. The van der Waals surface area contributed by atoms with Crippen molar-refractivity contribution in [3.05, 3.63) is 63.2 Å². The molecule has 0 aliphatic heterocycles. The summed E-state index contributed by atoms with van der Waals surface area (Å²) in [6.07, 6.45) is 2.40. The fraction of sp³-hybridized carbons (Fsp3) is 0.118. The Labute approximate surface area is 148 Å². The second-order valence-electron chi connectivity index (χ2n) is 4.76. The van der Waals surface area contributed by atoms with Crippen molar-refractivity contribution in [3.8, 4) is 0 Å². The van der Waals surface area contributed by atoms with Crippen molar-refractivity contribution in [2.75, 3.05) is 5.32 Å². The van der Waals surface area contributed by atoms with Crippen LogP contribution in [0.2, 0.25) is 0 Å². The second-order valence-corrected chi connectivity index (χ2v) is 6.00. The van der Waals surface area contributed by atoms with Crippen LogP contribution in [0.1, 0.15) is 18.1 Å². The largest absolute Gasteiger partial charge is 0.329 e. The summed E-state index contributed by atoms with van der Waals surface area (Å²) in [5, 5.41) is 6.30. The molecule has 0 fully saturated rings. The minimum Gasteiger partial charge on any atom is -0.318 e. The summed E-state index contributed by atoms with van der Waals surface area (Å²) in [6.45, 7) is 2.05. The molecule has 118 valence electrons. The van der Waals surface area contributed by atoms with E-state index in [-0.39, 0.29) is 0 Å². The minimum atomic E-state index is -0.814. The SMILES string of the molecule is CCc1ccc(NC(=O)C(=O)N/N=C/c2ccc(I)cc2)cc1. The van der Waals surface area contributed by atoms with E-state index in [4.69, 9.17) is 0 Å². The zero-order chi connectivity index (χ0) is 16.7. The second kappa shape index (κ2) is 8.42. The van der Waals surface area contributed by atoms with Gasteiger partial charge in [-0.2, -0.15) is 5.10 Å². The molecular formula is C17H16IN3O2. The highest BCUT2D eigenvalue weighted by molar-refractivity contribution is 14.1. The molecule has 5 nitrogen and oxygen atoms in total. The van der Waals surface area contributed by atoms with E-state index >= 15 is 0 Å². The Kier molecular flexibility index (Phi) is 6.28. The number of rotatable bonds is 4. The lowest BCUT2D eigenvalue weighted by atomic mass is 10.1. The van der Waals surface area contributed by atoms with Gasteiger partial charge in [0, 0.05) is 9.26 Å². The summed E-state index contributed by atoms with van der Waals surface area (Å²) in [5.41, 5.74) is 4.77. The van der Waals surface area contributed by atoms with Gasteiger partial charge in [0.05, 0.1) is 6.21 Å². The zero-order valence-corrected chi connectivity index (χ0v) is 14.7. The normalized spacial score (nSPS) is 10.5. The van der Waals surface area contributed by atoms with Gasteiger partial charge in [-0.3, -0.25) is 9.59 Å². The first-order chi connectivity index (χ1) is 11.1. The highest BCUT2D eigenvalue weighted by Gasteiger charge is 2.12. The molecule has 23 heavy (non-hydrogen) atoms. The third-order valence-electron chi connectivity index (χ3n) is 3.08. The number of amides is 2. The van der Waals surface area contributed by atoms with Crippen LogP contribution in [0, 0.1) is 3.57 Å². The lowest BCUT2D eigenvalue weighted by Gasteiger charge is -2.04. The van der Waals surface area contributed by atoms with Gasteiger partial charge in [-0.1, -0.05) is 31.2 Å². The number of hydrogen-bond acceptors (Lipinski definition) is 3. The van der Waals surface area contributed by atoms with Crippen LogP contribution in [0.4, 0.5) is 5.69 Å². The number of hydrazone groups is 1. The maximum Gasteiger partial charge on any atom is 0.329 e. The Morgan fingerprint density at radius 1 is 1.04 bits per heavy atom. The van der Waals surface area contributed by atoms with Crippen molar-refractivity contribution in [1.29, 1.82) is 0 Å². The van der Waals surface area contributed by atoms with Gasteiger partial charge in [-0.15, -0.1) is 0 Å². The van der Waals surface area contributed by atoms with Crippen LogP contribution in [0.3, 0.4) is 0 Å². The van der Waals surface area contributed by atoms with Crippen molar-refractivity contribution in [2.24, 2.45) is 5.10 Å². The van der Waals surface area contributed by atoms with Crippen LogP contribution in [-0.4, -0.2) is 18.0 Å². The standard InChI is InChI=1S/C17H16IN3O2/c1-2-12-5-9-15(10-6-12)20-16(22)17(23)21-19-11-13-3-7-14(18)8-4-13/h3-11H,2H2,1H3,(H,20,22)(H,21,23)/b19-11+. The first-order valence-corrected chi connectivity index (χ1v) is 8.15. The van der Waals surface area contributed by atoms with E-state index in [1.165, 1.54) is 6.21 Å². The van der Waals surface area contributed by atoms with Crippen LogP contribution in [0.25, 0.3) is 0 Å². The quantitative estimate of drug-likeness (QED) is 0.345. The van der Waals surface area contributed by atoms with Gasteiger partial charge in [0.25, 0.3) is 0 Å². The summed E-state index contributed by atoms with van der Waals surface area (Å²) < 4.78 is 1.11. The van der Waals surface area contributed by atoms with Crippen molar-refractivity contribution >= 4 is 46.3 Å². The van der Waals surface area contributed by atoms with E-state index in [2.05, 4.69) is 38.4 Å². The Morgan fingerprint density at radius 2 is 1.70 bits per heavy atom. The van der Waals surface area contributed by atoms with Crippen molar-refractivity contribution < 1.29 is 9.59 Å². The highest BCUT2D eigenvalue weighted by Crippen LogP contribution is 2.09. The first kappa shape index (κ1) is 17.1. The number of carbonyl (C=O) groups excluding carboxylic acids is 2. The molecule has 0 heterocycles. The summed E-state index contributed by atoms with van der Waals surface area (Å²) >= 11 is 2.20. The summed E-state index contributed by atoms with van der Waals surface area (Å²) in [5.74, 6) is -1.57. The van der Waals surface area contributed by atoms with E-state index in [9.17, 15) is 9.59 Å². The van der Waals surface area contributed by atoms with Crippen LogP contribution in [0.15, 0.2) is 53.6 Å². The topological polar surface area (TPSA) is 70.6 Å². The molecule has 0 saturated carbocycles. The smallest absolute Gasteiger partial charge is 0.318 e. The highest BCUT2D eigenvalue weighted by atomic mass is 127. The zero-order valence-electron chi connectivity index (χ0n) is 12.5. The molecular weight excluding hydrogens is 405 g/mol. The number of aryl methyl sites for hydroxylation is 1. The molecule has 2 amide bonds. The summed E-state index contributed by atoms with van der Waals surface area (Å²) in [4.78, 5) is 23.4. The van der Waals surface area contributed by atoms with Gasteiger partial charge < -0.3 is 5.32 Å². The monoisotopic (exact) mass is 421 g/mol. The molecule has 6 heteroatoms. The number of hydrogen-bond donors (Lipinski definition) is 2. The van der Waals surface area contributed by atoms with E-state index in [0.717, 1.165) is 21.1 Å². The molecule has 0 bridgehead atoms. The number of halogens is 1. The number of benzene rings is 2. The maximum absolute atomic E-state index is 11.8. The van der Waals surface area contributed by atoms with E-state index in [0.29, 0.717) is 5.69 Å². The van der Waals surface area contributed by atoms with Gasteiger partial charge in [-0.25, -0.2) is 5.43 Å². The molecule has 0 atom stereocenters. The lowest BCUT2D eigenvalue weighted by molar-refractivity contribution is -0.136. The van der Waals surface area contributed by atoms with Crippen molar-refractivity contribution in [1.82, 2.24) is 5.43 Å². The Bertz CT molecular complexity index is 710. The summed E-state index contributed by atoms with van der Waals surface area (Å²) in [7, 11) is 0. The van der Waals surface area contributed by atoms with Crippen LogP contribution >= 0.6 is 22.6 Å². The van der Waals surface area contributed by atoms with E-state index in [1.54, 1.807) is 12.1 Å². The van der Waals surface area contributed by atoms with Gasteiger partial charge in [-0.05, 0) is 64.4 Å². The number of nitrogens with zero attached hydrogens (tertiary/aromatic N) is 1. The molecule has 2 N–H and O–H groups in total. The average Bonchev–Trinajstić information content (AvgIpc) is 2.57. The van der Waals surface area contributed by atoms with Gasteiger partial charge >= 0.3 is 11.8 Å². The number of anilines is 1. The Morgan fingerprint density at radius 3 is 2.30 bits per heavy atom. The maximum atomic E-state index is 11.8.